The number of sulfonamides is 1. The molecule has 0 saturated carbocycles. The van der Waals surface area contributed by atoms with Crippen molar-refractivity contribution in [1.29, 1.82) is 0 Å². The molecule has 0 aromatic carbocycles. The zero-order valence-electron chi connectivity index (χ0n) is 4.57. The minimum atomic E-state index is -3.39. The molecule has 5 heteroatoms. The Hall–Kier alpha value is -0.510. The van der Waals surface area contributed by atoms with E-state index in [-0.39, 0.29) is 5.75 Å². The minimum absolute atomic E-state index is 0.184. The third-order valence-electron chi connectivity index (χ3n) is 0.505. The molecule has 0 spiro atoms. The van der Waals surface area contributed by atoms with Gasteiger partial charge in [0, 0.05) is 0 Å². The summed E-state index contributed by atoms with van der Waals surface area (Å²) in [4.78, 5) is 0. The lowest BCUT2D eigenvalue weighted by atomic mass is 10.8. The minimum Gasteiger partial charge on any atom is -0.204 e. The SMILES string of the molecule is C=CCS(=O)(=O)N=C=S. The third kappa shape index (κ3) is 4.02. The van der Waals surface area contributed by atoms with E-state index in [0.717, 1.165) is 0 Å². The maximum atomic E-state index is 10.5. The first-order valence-electron chi connectivity index (χ1n) is 2.05. The Morgan fingerprint density at radius 3 is 2.67 bits per heavy atom. The van der Waals surface area contributed by atoms with E-state index in [1.807, 2.05) is 0 Å². The Morgan fingerprint density at radius 1 is 1.78 bits per heavy atom. The fourth-order valence-corrected chi connectivity index (χ4v) is 1.07. The lowest BCUT2D eigenvalue weighted by Gasteiger charge is -1.84. The molecule has 0 amide bonds. The van der Waals surface area contributed by atoms with Gasteiger partial charge in [0.15, 0.2) is 0 Å². The van der Waals surface area contributed by atoms with Gasteiger partial charge >= 0.3 is 0 Å². The van der Waals surface area contributed by atoms with Gasteiger partial charge in [0.2, 0.25) is 0 Å². The summed E-state index contributed by atoms with van der Waals surface area (Å²) in [5.74, 6) is -0.184. The van der Waals surface area contributed by atoms with Crippen molar-refractivity contribution in [1.82, 2.24) is 0 Å². The van der Waals surface area contributed by atoms with Crippen LogP contribution in [0.25, 0.3) is 0 Å². The molecule has 3 nitrogen and oxygen atoms in total. The largest absolute Gasteiger partial charge is 0.265 e. The maximum absolute atomic E-state index is 10.5. The third-order valence-corrected chi connectivity index (χ3v) is 1.74. The van der Waals surface area contributed by atoms with Gasteiger partial charge in [0.05, 0.1) is 10.9 Å². The monoisotopic (exact) mass is 163 g/mol. The van der Waals surface area contributed by atoms with Gasteiger partial charge in [0.1, 0.15) is 0 Å². The van der Waals surface area contributed by atoms with E-state index < -0.39 is 10.0 Å². The van der Waals surface area contributed by atoms with Gasteiger partial charge in [-0.15, -0.1) is 11.0 Å². The Kier molecular flexibility index (Phi) is 3.30. The normalized spacial score (nSPS) is 9.78. The fourth-order valence-electron chi connectivity index (χ4n) is 0.243. The molecule has 0 N–H and O–H groups in total. The van der Waals surface area contributed by atoms with Crippen molar-refractivity contribution in [3.8, 4) is 0 Å². The lowest BCUT2D eigenvalue weighted by Crippen LogP contribution is -1.97. The van der Waals surface area contributed by atoms with Gasteiger partial charge < -0.3 is 0 Å². The molecule has 0 fully saturated rings. The summed E-state index contributed by atoms with van der Waals surface area (Å²) in [7, 11) is -3.39. The van der Waals surface area contributed by atoms with Crippen molar-refractivity contribution in [2.75, 3.05) is 5.75 Å². The first-order valence-corrected chi connectivity index (χ1v) is 4.07. The summed E-state index contributed by atoms with van der Waals surface area (Å²) < 4.78 is 23.8. The van der Waals surface area contributed by atoms with Crippen LogP contribution in [0.15, 0.2) is 17.1 Å². The van der Waals surface area contributed by atoms with E-state index in [1.165, 1.54) is 6.08 Å². The molecule has 0 bridgehead atoms. The molecule has 0 radical (unpaired) electrons. The summed E-state index contributed by atoms with van der Waals surface area (Å²) >= 11 is 4.08. The molecule has 0 rings (SSSR count). The van der Waals surface area contributed by atoms with Crippen molar-refractivity contribution >= 4 is 27.4 Å². The van der Waals surface area contributed by atoms with E-state index >= 15 is 0 Å². The molecular weight excluding hydrogens is 158 g/mol. The zero-order chi connectivity index (χ0) is 7.33. The molecule has 50 valence electrons. The van der Waals surface area contributed by atoms with E-state index in [4.69, 9.17) is 0 Å². The number of thiocarbonyl (C=S) groups is 1. The van der Waals surface area contributed by atoms with Crippen LogP contribution in [0.2, 0.25) is 0 Å². The highest BCUT2D eigenvalue weighted by Gasteiger charge is 2.00. The molecule has 0 aliphatic heterocycles. The molecule has 0 aromatic heterocycles. The second kappa shape index (κ2) is 3.50. The maximum Gasteiger partial charge on any atom is 0.265 e. The Labute approximate surface area is 59.2 Å². The molecule has 0 aromatic rings. The number of rotatable bonds is 3. The zero-order valence-corrected chi connectivity index (χ0v) is 6.20. The van der Waals surface area contributed by atoms with Crippen molar-refractivity contribution < 1.29 is 8.42 Å². The second-order valence-corrected chi connectivity index (χ2v) is 3.08. The van der Waals surface area contributed by atoms with E-state index in [0.29, 0.717) is 0 Å². The van der Waals surface area contributed by atoms with Gasteiger partial charge in [-0.1, -0.05) is 6.08 Å². The van der Waals surface area contributed by atoms with E-state index in [9.17, 15) is 8.42 Å². The van der Waals surface area contributed by atoms with Gasteiger partial charge in [-0.25, -0.2) is 8.42 Å². The predicted molar refractivity (Wildman–Crippen MR) is 39.0 cm³/mol. The van der Waals surface area contributed by atoms with Gasteiger partial charge in [-0.3, -0.25) is 0 Å². The first-order chi connectivity index (χ1) is 4.12. The summed E-state index contributed by atoms with van der Waals surface area (Å²) in [5.41, 5.74) is 0. The van der Waals surface area contributed by atoms with Crippen LogP contribution in [0.4, 0.5) is 0 Å². The van der Waals surface area contributed by atoms with Crippen LogP contribution < -0.4 is 0 Å². The smallest absolute Gasteiger partial charge is 0.204 e. The van der Waals surface area contributed by atoms with Gasteiger partial charge in [-0.05, 0) is 12.2 Å². The van der Waals surface area contributed by atoms with Crippen LogP contribution in [0.1, 0.15) is 0 Å². The summed E-state index contributed by atoms with van der Waals surface area (Å²) in [6.07, 6.45) is 1.24. The van der Waals surface area contributed by atoms with Crippen LogP contribution in [0.5, 0.6) is 0 Å². The Bertz CT molecular complexity index is 235. The van der Waals surface area contributed by atoms with Crippen molar-refractivity contribution in [3.63, 3.8) is 0 Å². The molecule has 0 heterocycles. The highest BCUT2D eigenvalue weighted by Crippen LogP contribution is 1.88. The average Bonchev–Trinajstić information content (AvgIpc) is 1.64. The Morgan fingerprint density at radius 2 is 2.33 bits per heavy atom. The van der Waals surface area contributed by atoms with Gasteiger partial charge in [-0.2, -0.15) is 0 Å². The summed E-state index contributed by atoms with van der Waals surface area (Å²) in [5, 5.41) is 1.77. The lowest BCUT2D eigenvalue weighted by molar-refractivity contribution is 0.601. The van der Waals surface area contributed by atoms with Crippen molar-refractivity contribution in [2.24, 2.45) is 4.40 Å². The first kappa shape index (κ1) is 8.49. The molecule has 0 unspecified atom stereocenters. The average molecular weight is 163 g/mol. The topological polar surface area (TPSA) is 46.5 Å². The summed E-state index contributed by atoms with van der Waals surface area (Å²) in [6, 6.07) is 0. The molecule has 0 aliphatic carbocycles. The van der Waals surface area contributed by atoms with Crippen LogP contribution in [0.3, 0.4) is 0 Å². The van der Waals surface area contributed by atoms with Gasteiger partial charge in [0.25, 0.3) is 10.0 Å². The van der Waals surface area contributed by atoms with Crippen LogP contribution >= 0.6 is 12.2 Å². The summed E-state index contributed by atoms with van der Waals surface area (Å²) in [6.45, 7) is 3.23. The quantitative estimate of drug-likeness (QED) is 0.348. The van der Waals surface area contributed by atoms with Crippen molar-refractivity contribution in [2.45, 2.75) is 0 Å². The number of hydrogen-bond acceptors (Lipinski definition) is 3. The van der Waals surface area contributed by atoms with Crippen LogP contribution in [0, 0.1) is 0 Å². The number of nitrogens with zero attached hydrogens (tertiary/aromatic N) is 1. The number of hydrogen-bond donors (Lipinski definition) is 0. The standard InChI is InChI=1S/C4H5NO2S2/c1-2-3-9(6,7)5-4-8/h2H,1,3H2. The highest BCUT2D eigenvalue weighted by molar-refractivity contribution is 7.91. The number of isothiocyanates is 1. The molecule has 0 aliphatic rings. The predicted octanol–water partition coefficient (Wildman–Crippen LogP) is 0.605. The second-order valence-electron chi connectivity index (χ2n) is 1.22. The van der Waals surface area contributed by atoms with Crippen molar-refractivity contribution in [3.05, 3.63) is 12.7 Å². The highest BCUT2D eigenvalue weighted by atomic mass is 32.2. The Balaban J connectivity index is 4.40. The molecule has 0 saturated heterocycles. The molecule has 9 heavy (non-hydrogen) atoms. The molecular formula is C4H5NO2S2. The fraction of sp³-hybridized carbons (Fsp3) is 0.250. The van der Waals surface area contributed by atoms with E-state index in [2.05, 4.69) is 23.2 Å². The van der Waals surface area contributed by atoms with Crippen LogP contribution in [-0.4, -0.2) is 19.3 Å². The van der Waals surface area contributed by atoms with Crippen LogP contribution in [-0.2, 0) is 10.0 Å². The van der Waals surface area contributed by atoms with E-state index in [1.54, 1.807) is 5.16 Å². The molecule has 0 atom stereocenters.